The van der Waals surface area contributed by atoms with Gasteiger partial charge in [-0.15, -0.1) is 0 Å². The third-order valence-corrected chi connectivity index (χ3v) is 4.15. The molecule has 0 atom stereocenters. The van der Waals surface area contributed by atoms with Crippen LogP contribution in [0.5, 0.6) is 0 Å². The topological polar surface area (TPSA) is 43.6 Å². The Morgan fingerprint density at radius 3 is 2.82 bits per heavy atom. The van der Waals surface area contributed by atoms with Crippen molar-refractivity contribution in [3.63, 3.8) is 0 Å². The fourth-order valence-corrected chi connectivity index (χ4v) is 2.90. The summed E-state index contributed by atoms with van der Waals surface area (Å²) < 4.78 is 21.3. The molecule has 0 bridgehead atoms. The number of ether oxygens (including phenoxy) is 1. The SMILES string of the molecule is COC(=O)c1ccn2c(C)c(-c3c(F)cccc3Br)nc2c1. The molecule has 0 amide bonds. The number of hydrogen-bond acceptors (Lipinski definition) is 3. The average Bonchev–Trinajstić information content (AvgIpc) is 2.83. The molecule has 0 aliphatic heterocycles. The number of esters is 1. The number of carbonyl (C=O) groups is 1. The minimum absolute atomic E-state index is 0.353. The Labute approximate surface area is 134 Å². The molecule has 2 heterocycles. The van der Waals surface area contributed by atoms with Gasteiger partial charge in [-0.05, 0) is 47.1 Å². The maximum atomic E-state index is 14.2. The number of pyridine rings is 1. The van der Waals surface area contributed by atoms with Crippen LogP contribution in [0, 0.1) is 12.7 Å². The lowest BCUT2D eigenvalue weighted by atomic mass is 10.1. The van der Waals surface area contributed by atoms with Crippen molar-refractivity contribution in [1.29, 1.82) is 0 Å². The van der Waals surface area contributed by atoms with Crippen molar-refractivity contribution in [3.05, 3.63) is 58.1 Å². The number of hydrogen-bond donors (Lipinski definition) is 0. The Kier molecular flexibility index (Phi) is 3.70. The van der Waals surface area contributed by atoms with Gasteiger partial charge < -0.3 is 9.14 Å². The van der Waals surface area contributed by atoms with Crippen LogP contribution in [-0.4, -0.2) is 22.5 Å². The monoisotopic (exact) mass is 362 g/mol. The first kappa shape index (κ1) is 14.7. The summed E-state index contributed by atoms with van der Waals surface area (Å²) in [6.07, 6.45) is 1.72. The highest BCUT2D eigenvalue weighted by Gasteiger charge is 2.18. The van der Waals surface area contributed by atoms with Crippen LogP contribution < -0.4 is 0 Å². The molecule has 0 N–H and O–H groups in total. The standard InChI is InChI=1S/C16H12BrFN2O2/c1-9-15(14-11(17)4-3-5-12(14)18)19-13-8-10(16(21)22-2)6-7-20(9)13/h3-8H,1-2H3. The molecule has 0 aliphatic rings. The van der Waals surface area contributed by atoms with Crippen LogP contribution in [0.4, 0.5) is 4.39 Å². The molecule has 0 unspecified atom stereocenters. The minimum atomic E-state index is -0.434. The van der Waals surface area contributed by atoms with Gasteiger partial charge in [-0.3, -0.25) is 0 Å². The number of rotatable bonds is 2. The second kappa shape index (κ2) is 5.53. The third kappa shape index (κ3) is 2.29. The summed E-state index contributed by atoms with van der Waals surface area (Å²) in [4.78, 5) is 16.1. The van der Waals surface area contributed by atoms with E-state index in [0.29, 0.717) is 26.9 Å². The molecular weight excluding hydrogens is 351 g/mol. The van der Waals surface area contributed by atoms with Gasteiger partial charge in [0.1, 0.15) is 11.5 Å². The van der Waals surface area contributed by atoms with Crippen molar-refractivity contribution in [1.82, 2.24) is 9.38 Å². The van der Waals surface area contributed by atoms with E-state index >= 15 is 0 Å². The first-order valence-corrected chi connectivity index (χ1v) is 7.33. The molecule has 0 saturated carbocycles. The lowest BCUT2D eigenvalue weighted by Crippen LogP contribution is -2.02. The van der Waals surface area contributed by atoms with Gasteiger partial charge in [0.05, 0.1) is 23.9 Å². The predicted octanol–water partition coefficient (Wildman–Crippen LogP) is 4.00. The molecule has 22 heavy (non-hydrogen) atoms. The smallest absolute Gasteiger partial charge is 0.338 e. The van der Waals surface area contributed by atoms with Gasteiger partial charge in [0.2, 0.25) is 0 Å². The van der Waals surface area contributed by atoms with Crippen LogP contribution >= 0.6 is 15.9 Å². The predicted molar refractivity (Wildman–Crippen MR) is 84.4 cm³/mol. The first-order chi connectivity index (χ1) is 10.5. The zero-order chi connectivity index (χ0) is 15.9. The van der Waals surface area contributed by atoms with Crippen LogP contribution in [0.3, 0.4) is 0 Å². The number of fused-ring (bicyclic) bond motifs is 1. The lowest BCUT2D eigenvalue weighted by Gasteiger charge is -2.04. The van der Waals surface area contributed by atoms with Crippen molar-refractivity contribution in [2.24, 2.45) is 0 Å². The number of aryl methyl sites for hydroxylation is 1. The molecule has 0 spiro atoms. The van der Waals surface area contributed by atoms with E-state index in [1.807, 2.05) is 6.92 Å². The summed E-state index contributed by atoms with van der Waals surface area (Å²) in [7, 11) is 1.32. The van der Waals surface area contributed by atoms with Gasteiger partial charge in [-0.2, -0.15) is 0 Å². The van der Waals surface area contributed by atoms with E-state index < -0.39 is 5.97 Å². The van der Waals surface area contributed by atoms with Crippen LogP contribution in [0.2, 0.25) is 0 Å². The van der Waals surface area contributed by atoms with Gasteiger partial charge in [0.15, 0.2) is 0 Å². The number of benzene rings is 1. The molecule has 6 heteroatoms. The summed E-state index contributed by atoms with van der Waals surface area (Å²) in [5.41, 5.74) is 2.69. The number of carbonyl (C=O) groups excluding carboxylic acids is 1. The molecule has 0 radical (unpaired) electrons. The number of halogens is 2. The van der Waals surface area contributed by atoms with Gasteiger partial charge >= 0.3 is 5.97 Å². The van der Waals surface area contributed by atoms with Crippen LogP contribution in [0.15, 0.2) is 41.0 Å². The fraction of sp³-hybridized carbons (Fsp3) is 0.125. The fourth-order valence-electron chi connectivity index (χ4n) is 2.37. The number of nitrogens with zero attached hydrogens (tertiary/aromatic N) is 2. The summed E-state index contributed by atoms with van der Waals surface area (Å²) in [5, 5.41) is 0. The molecule has 4 nitrogen and oxygen atoms in total. The van der Waals surface area contributed by atoms with Crippen molar-refractivity contribution in [3.8, 4) is 11.3 Å². The zero-order valence-electron chi connectivity index (χ0n) is 11.9. The van der Waals surface area contributed by atoms with Gasteiger partial charge in [0, 0.05) is 16.4 Å². The van der Waals surface area contributed by atoms with Gasteiger partial charge in [-0.25, -0.2) is 14.2 Å². The molecule has 112 valence electrons. The highest BCUT2D eigenvalue weighted by Crippen LogP contribution is 2.32. The van der Waals surface area contributed by atoms with Crippen LogP contribution in [0.25, 0.3) is 16.9 Å². The van der Waals surface area contributed by atoms with E-state index in [1.54, 1.807) is 34.9 Å². The van der Waals surface area contributed by atoms with Crippen molar-refractivity contribution >= 4 is 27.5 Å². The molecule has 0 aliphatic carbocycles. The highest BCUT2D eigenvalue weighted by atomic mass is 79.9. The zero-order valence-corrected chi connectivity index (χ0v) is 13.5. The lowest BCUT2D eigenvalue weighted by molar-refractivity contribution is 0.0600. The molecule has 3 aromatic rings. The first-order valence-electron chi connectivity index (χ1n) is 6.54. The van der Waals surface area contributed by atoms with E-state index in [-0.39, 0.29) is 5.82 Å². The highest BCUT2D eigenvalue weighted by molar-refractivity contribution is 9.10. The number of methoxy groups -OCH3 is 1. The second-order valence-corrected chi connectivity index (χ2v) is 5.63. The quantitative estimate of drug-likeness (QED) is 0.647. The molecule has 2 aromatic heterocycles. The maximum Gasteiger partial charge on any atom is 0.338 e. The average molecular weight is 363 g/mol. The Morgan fingerprint density at radius 2 is 2.14 bits per heavy atom. The van der Waals surface area contributed by atoms with Crippen LogP contribution in [0.1, 0.15) is 16.1 Å². The van der Waals surface area contributed by atoms with Crippen molar-refractivity contribution in [2.75, 3.05) is 7.11 Å². The van der Waals surface area contributed by atoms with E-state index in [9.17, 15) is 9.18 Å². The van der Waals surface area contributed by atoms with Crippen LogP contribution in [-0.2, 0) is 4.74 Å². The summed E-state index contributed by atoms with van der Waals surface area (Å²) >= 11 is 3.36. The third-order valence-electron chi connectivity index (χ3n) is 3.49. The Bertz CT molecular complexity index is 869. The van der Waals surface area contributed by atoms with Gasteiger partial charge in [-0.1, -0.05) is 6.07 Å². The van der Waals surface area contributed by atoms with E-state index in [2.05, 4.69) is 20.9 Å². The molecule has 1 aromatic carbocycles. The Hall–Kier alpha value is -2.21. The number of imidazole rings is 1. The van der Waals surface area contributed by atoms with Crippen molar-refractivity contribution < 1.29 is 13.9 Å². The minimum Gasteiger partial charge on any atom is -0.465 e. The van der Waals surface area contributed by atoms with Crippen molar-refractivity contribution in [2.45, 2.75) is 6.92 Å². The van der Waals surface area contributed by atoms with Gasteiger partial charge in [0.25, 0.3) is 0 Å². The van der Waals surface area contributed by atoms with E-state index in [0.717, 1.165) is 5.69 Å². The van der Waals surface area contributed by atoms with E-state index in [4.69, 9.17) is 4.74 Å². The summed E-state index contributed by atoms with van der Waals surface area (Å²) in [5.74, 6) is -0.786. The normalized spacial score (nSPS) is 10.9. The number of aromatic nitrogens is 2. The van der Waals surface area contributed by atoms with E-state index in [1.165, 1.54) is 13.2 Å². The largest absolute Gasteiger partial charge is 0.465 e. The Morgan fingerprint density at radius 1 is 1.36 bits per heavy atom. The molecule has 3 rings (SSSR count). The second-order valence-electron chi connectivity index (χ2n) is 4.78. The molecular formula is C16H12BrFN2O2. The summed E-state index contributed by atoms with van der Waals surface area (Å²) in [6.45, 7) is 1.85. The Balaban J connectivity index is 2.24. The summed E-state index contributed by atoms with van der Waals surface area (Å²) in [6, 6.07) is 8.05. The molecule has 0 saturated heterocycles. The maximum absolute atomic E-state index is 14.2. The molecule has 0 fully saturated rings.